The van der Waals surface area contributed by atoms with Crippen molar-refractivity contribution in [3.05, 3.63) is 0 Å². The summed E-state index contributed by atoms with van der Waals surface area (Å²) in [6.45, 7) is 7.66. The molecule has 0 aliphatic heterocycles. The highest BCUT2D eigenvalue weighted by Gasteiger charge is 2.76. The molecule has 8 aliphatic rings. The van der Waals surface area contributed by atoms with Crippen molar-refractivity contribution in [3.8, 4) is 0 Å². The van der Waals surface area contributed by atoms with Crippen LogP contribution < -0.4 is 0 Å². The van der Waals surface area contributed by atoms with Crippen molar-refractivity contribution in [3.63, 3.8) is 0 Å². The van der Waals surface area contributed by atoms with Crippen LogP contribution >= 0.6 is 0 Å². The number of hydrogen-bond donors (Lipinski definition) is 0. The number of hydrogen-bond acceptors (Lipinski definition) is 0. The normalized spacial score (nSPS) is 65.4. The van der Waals surface area contributed by atoms with Gasteiger partial charge in [0.15, 0.2) is 0 Å². The highest BCUT2D eigenvalue weighted by Crippen LogP contribution is 2.83. The highest BCUT2D eigenvalue weighted by molar-refractivity contribution is 5.24. The molecule has 0 aromatic heterocycles. The van der Waals surface area contributed by atoms with E-state index in [4.69, 9.17) is 0 Å². The van der Waals surface area contributed by atoms with E-state index in [0.717, 1.165) is 58.2 Å². The summed E-state index contributed by atoms with van der Waals surface area (Å²) in [5, 5.41) is 0. The van der Waals surface area contributed by atoms with E-state index in [2.05, 4.69) is 20.8 Å². The molecule has 0 N–H and O–H groups in total. The number of rotatable bonds is 3. The molecule has 0 heterocycles. The van der Waals surface area contributed by atoms with E-state index in [1.165, 1.54) is 18.8 Å². The van der Waals surface area contributed by atoms with Gasteiger partial charge in [-0.2, -0.15) is 0 Å². The Kier molecular flexibility index (Phi) is 2.92. The van der Waals surface area contributed by atoms with Crippen molar-refractivity contribution in [1.29, 1.82) is 0 Å². The van der Waals surface area contributed by atoms with Crippen LogP contribution in [0.5, 0.6) is 0 Å². The second-order valence-corrected chi connectivity index (χ2v) is 11.4. The van der Waals surface area contributed by atoms with E-state index in [0.29, 0.717) is 0 Å². The zero-order valence-electron chi connectivity index (χ0n) is 16.3. The first-order valence-corrected chi connectivity index (χ1v) is 11.6. The second kappa shape index (κ2) is 4.64. The predicted molar refractivity (Wildman–Crippen MR) is 99.5 cm³/mol. The van der Waals surface area contributed by atoms with Crippen molar-refractivity contribution in [1.82, 2.24) is 0 Å². The topological polar surface area (TPSA) is 0 Å². The monoisotopic (exact) mass is 326 g/mol. The fourth-order valence-electron chi connectivity index (χ4n) is 10.8. The summed E-state index contributed by atoms with van der Waals surface area (Å²) < 4.78 is 0. The SMILES string of the molecule is CCCC1CC2C3CCC4(CC)CC5C6CC(CC54C6)C1C2C3C. The Balaban J connectivity index is 1.40. The van der Waals surface area contributed by atoms with Crippen LogP contribution in [-0.2, 0) is 0 Å². The minimum absolute atomic E-state index is 0.800. The van der Waals surface area contributed by atoms with Gasteiger partial charge in [-0.25, -0.2) is 0 Å². The lowest BCUT2D eigenvalue weighted by Gasteiger charge is -2.80. The zero-order chi connectivity index (χ0) is 16.3. The molecule has 8 aliphatic carbocycles. The average Bonchev–Trinajstić information content (AvgIpc) is 2.91. The zero-order valence-corrected chi connectivity index (χ0v) is 16.3. The van der Waals surface area contributed by atoms with Crippen LogP contribution in [0.3, 0.4) is 0 Å². The molecule has 8 saturated carbocycles. The molecule has 0 amide bonds. The van der Waals surface area contributed by atoms with Gasteiger partial charge in [-0.15, -0.1) is 0 Å². The Morgan fingerprint density at radius 1 is 0.917 bits per heavy atom. The van der Waals surface area contributed by atoms with Gasteiger partial charge in [0.25, 0.3) is 0 Å². The first-order valence-electron chi connectivity index (χ1n) is 11.6. The van der Waals surface area contributed by atoms with Crippen molar-refractivity contribution in [2.24, 2.45) is 64.1 Å². The summed E-state index contributed by atoms with van der Waals surface area (Å²) in [5.41, 5.74) is 1.66. The quantitative estimate of drug-likeness (QED) is 0.552. The molecule has 24 heavy (non-hydrogen) atoms. The van der Waals surface area contributed by atoms with Crippen LogP contribution in [0.15, 0.2) is 0 Å². The maximum Gasteiger partial charge on any atom is -0.0204 e. The van der Waals surface area contributed by atoms with Gasteiger partial charge in [0.1, 0.15) is 0 Å². The minimum Gasteiger partial charge on any atom is -0.0654 e. The fraction of sp³-hybridized carbons (Fsp3) is 1.00. The summed E-state index contributed by atoms with van der Waals surface area (Å²) in [6.07, 6.45) is 15.9. The number of fused-ring (bicyclic) bond motifs is 1. The molecule has 8 rings (SSSR count). The Morgan fingerprint density at radius 3 is 2.50 bits per heavy atom. The van der Waals surface area contributed by atoms with E-state index in [9.17, 15) is 0 Å². The predicted octanol–water partition coefficient (Wildman–Crippen LogP) is 6.55. The van der Waals surface area contributed by atoms with Gasteiger partial charge in [-0.05, 0) is 115 Å². The minimum atomic E-state index is 0.800. The highest BCUT2D eigenvalue weighted by atomic mass is 14.8. The maximum atomic E-state index is 2.66. The van der Waals surface area contributed by atoms with E-state index in [1.807, 2.05) is 0 Å². The van der Waals surface area contributed by atoms with Gasteiger partial charge in [-0.1, -0.05) is 33.6 Å². The summed E-state index contributed by atoms with van der Waals surface area (Å²) in [4.78, 5) is 0. The third-order valence-electron chi connectivity index (χ3n) is 11.5. The van der Waals surface area contributed by atoms with Crippen LogP contribution in [0.1, 0.15) is 85.0 Å². The van der Waals surface area contributed by atoms with E-state index in [1.54, 1.807) is 51.4 Å². The molecule has 0 radical (unpaired) electrons. The van der Waals surface area contributed by atoms with Crippen LogP contribution in [0.4, 0.5) is 0 Å². The lowest BCUT2D eigenvalue weighted by molar-refractivity contribution is -0.309. The van der Waals surface area contributed by atoms with Gasteiger partial charge >= 0.3 is 0 Å². The second-order valence-electron chi connectivity index (χ2n) is 11.4. The molecule has 134 valence electrons. The van der Waals surface area contributed by atoms with E-state index in [-0.39, 0.29) is 0 Å². The lowest BCUT2D eigenvalue weighted by atomic mass is 9.25. The van der Waals surface area contributed by atoms with Gasteiger partial charge < -0.3 is 0 Å². The third-order valence-corrected chi connectivity index (χ3v) is 11.5. The van der Waals surface area contributed by atoms with Gasteiger partial charge in [-0.3, -0.25) is 0 Å². The largest absolute Gasteiger partial charge is 0.0654 e. The van der Waals surface area contributed by atoms with E-state index < -0.39 is 0 Å². The van der Waals surface area contributed by atoms with Crippen LogP contribution in [0.25, 0.3) is 0 Å². The molecule has 8 fully saturated rings. The Bertz CT molecular complexity index is 550. The van der Waals surface area contributed by atoms with Crippen molar-refractivity contribution in [2.45, 2.75) is 85.0 Å². The molecule has 11 unspecified atom stereocenters. The fourth-order valence-corrected chi connectivity index (χ4v) is 10.8. The van der Waals surface area contributed by atoms with Gasteiger partial charge in [0.2, 0.25) is 0 Å². The van der Waals surface area contributed by atoms with Crippen LogP contribution in [0, 0.1) is 64.1 Å². The first-order chi connectivity index (χ1) is 11.6. The average molecular weight is 327 g/mol. The standard InChI is InChI=1S/C24H38/c1-4-6-15-10-19-18-7-8-23(5-2)13-20-16-9-17(12-24(20,23)11-16)22(15)21(19)14(18)3/h14-22H,4-13H2,1-3H3. The third kappa shape index (κ3) is 1.44. The molecule has 1 spiro atoms. The summed E-state index contributed by atoms with van der Waals surface area (Å²) in [5.74, 6) is 10.2. The molecular formula is C24H38. The molecule has 0 heteroatoms. The molecule has 7 bridgehead atoms. The van der Waals surface area contributed by atoms with Crippen molar-refractivity contribution >= 4 is 0 Å². The van der Waals surface area contributed by atoms with Crippen LogP contribution in [-0.4, -0.2) is 0 Å². The van der Waals surface area contributed by atoms with E-state index >= 15 is 0 Å². The molecule has 0 aromatic carbocycles. The van der Waals surface area contributed by atoms with Gasteiger partial charge in [0, 0.05) is 0 Å². The molecular weight excluding hydrogens is 288 g/mol. The summed E-state index contributed by atoms with van der Waals surface area (Å²) >= 11 is 0. The first kappa shape index (κ1) is 15.1. The van der Waals surface area contributed by atoms with Crippen molar-refractivity contribution < 1.29 is 0 Å². The molecule has 0 aromatic rings. The lowest BCUT2D eigenvalue weighted by Crippen LogP contribution is -2.72. The Labute approximate surface area is 149 Å². The summed E-state index contributed by atoms with van der Waals surface area (Å²) in [7, 11) is 0. The summed E-state index contributed by atoms with van der Waals surface area (Å²) in [6, 6.07) is 0. The van der Waals surface area contributed by atoms with Crippen molar-refractivity contribution in [2.75, 3.05) is 0 Å². The Morgan fingerprint density at radius 2 is 1.75 bits per heavy atom. The Hall–Kier alpha value is 0. The molecule has 0 saturated heterocycles. The smallest absolute Gasteiger partial charge is 0.0204 e. The molecule has 11 atom stereocenters. The van der Waals surface area contributed by atoms with Crippen LogP contribution in [0.2, 0.25) is 0 Å². The van der Waals surface area contributed by atoms with Gasteiger partial charge in [0.05, 0.1) is 0 Å². The molecule has 0 nitrogen and oxygen atoms in total. The maximum absolute atomic E-state index is 2.66.